The second-order valence-electron chi connectivity index (χ2n) is 4.70. The molecule has 0 spiro atoms. The van der Waals surface area contributed by atoms with Crippen molar-refractivity contribution in [3.8, 4) is 0 Å². The van der Waals surface area contributed by atoms with Gasteiger partial charge in [0.2, 0.25) is 10.0 Å². The number of rotatable bonds is 5. The van der Waals surface area contributed by atoms with Gasteiger partial charge in [-0.05, 0) is 36.1 Å². The molecule has 1 fully saturated rings. The molecule has 1 aliphatic carbocycles. The molecule has 1 aromatic rings. The normalized spacial score (nSPS) is 23.9. The first-order chi connectivity index (χ1) is 7.95. The van der Waals surface area contributed by atoms with Crippen LogP contribution in [0, 0.1) is 18.8 Å². The number of aryl methyl sites for hydroxylation is 1. The average Bonchev–Trinajstić information content (AvgIpc) is 2.82. The molecule has 4 nitrogen and oxygen atoms in total. The highest BCUT2D eigenvalue weighted by Gasteiger charge is 2.34. The Morgan fingerprint density at radius 3 is 2.76 bits per heavy atom. The van der Waals surface area contributed by atoms with Crippen molar-refractivity contribution in [2.24, 2.45) is 17.6 Å². The Kier molecular flexibility index (Phi) is 3.58. The Bertz CT molecular complexity index is 508. The van der Waals surface area contributed by atoms with Crippen molar-refractivity contribution in [2.75, 3.05) is 6.54 Å². The summed E-state index contributed by atoms with van der Waals surface area (Å²) in [5.74, 6) is 1.15. The summed E-state index contributed by atoms with van der Waals surface area (Å²) in [5, 5.41) is 1.84. The molecule has 17 heavy (non-hydrogen) atoms. The van der Waals surface area contributed by atoms with E-state index in [1.54, 1.807) is 0 Å². The van der Waals surface area contributed by atoms with Gasteiger partial charge in [-0.2, -0.15) is 0 Å². The number of nitrogens with one attached hydrogen (secondary N) is 1. The molecule has 1 aliphatic rings. The first-order valence-electron chi connectivity index (χ1n) is 5.72. The van der Waals surface area contributed by atoms with Gasteiger partial charge in [-0.25, -0.2) is 13.1 Å². The molecule has 0 radical (unpaired) electrons. The van der Waals surface area contributed by atoms with Crippen LogP contribution in [0.25, 0.3) is 0 Å². The SMILES string of the molecule is Cc1csc(CN)c1S(=O)(=O)NCC1CC1C. The summed E-state index contributed by atoms with van der Waals surface area (Å²) >= 11 is 1.41. The minimum Gasteiger partial charge on any atom is -0.326 e. The standard InChI is InChI=1S/C11H18N2O2S2/c1-7-3-9(7)5-13-17(14,15)11-8(2)6-16-10(11)4-12/h6-7,9,13H,3-5,12H2,1-2H3. The van der Waals surface area contributed by atoms with Crippen LogP contribution in [0.1, 0.15) is 23.8 Å². The minimum atomic E-state index is -3.39. The van der Waals surface area contributed by atoms with E-state index < -0.39 is 10.0 Å². The lowest BCUT2D eigenvalue weighted by molar-refractivity contribution is 0.573. The summed E-state index contributed by atoms with van der Waals surface area (Å²) in [6, 6.07) is 0. The van der Waals surface area contributed by atoms with Gasteiger partial charge in [0.1, 0.15) is 4.90 Å². The van der Waals surface area contributed by atoms with Crippen molar-refractivity contribution in [2.45, 2.75) is 31.7 Å². The van der Waals surface area contributed by atoms with Crippen LogP contribution in [0.2, 0.25) is 0 Å². The lowest BCUT2D eigenvalue weighted by Crippen LogP contribution is -2.27. The van der Waals surface area contributed by atoms with Crippen molar-refractivity contribution in [1.82, 2.24) is 4.72 Å². The van der Waals surface area contributed by atoms with E-state index >= 15 is 0 Å². The van der Waals surface area contributed by atoms with Gasteiger partial charge in [-0.15, -0.1) is 11.3 Å². The largest absolute Gasteiger partial charge is 0.326 e. The zero-order valence-electron chi connectivity index (χ0n) is 10.1. The van der Waals surface area contributed by atoms with E-state index in [0.717, 1.165) is 16.9 Å². The highest BCUT2D eigenvalue weighted by molar-refractivity contribution is 7.89. The number of nitrogens with two attached hydrogens (primary N) is 1. The van der Waals surface area contributed by atoms with Crippen LogP contribution in [0.3, 0.4) is 0 Å². The third kappa shape index (κ3) is 2.70. The Morgan fingerprint density at radius 2 is 2.24 bits per heavy atom. The smallest absolute Gasteiger partial charge is 0.241 e. The molecule has 0 amide bonds. The Morgan fingerprint density at radius 1 is 1.59 bits per heavy atom. The van der Waals surface area contributed by atoms with Crippen LogP contribution >= 0.6 is 11.3 Å². The van der Waals surface area contributed by atoms with Crippen molar-refractivity contribution < 1.29 is 8.42 Å². The summed E-state index contributed by atoms with van der Waals surface area (Å²) in [6.45, 7) is 4.77. The van der Waals surface area contributed by atoms with E-state index in [9.17, 15) is 8.42 Å². The molecule has 0 bridgehead atoms. The summed E-state index contributed by atoms with van der Waals surface area (Å²) in [4.78, 5) is 1.12. The molecule has 1 saturated carbocycles. The van der Waals surface area contributed by atoms with E-state index in [0.29, 0.717) is 23.3 Å². The van der Waals surface area contributed by atoms with Gasteiger partial charge in [-0.3, -0.25) is 0 Å². The topological polar surface area (TPSA) is 72.2 Å². The van der Waals surface area contributed by atoms with Crippen molar-refractivity contribution in [3.05, 3.63) is 15.8 Å². The maximum absolute atomic E-state index is 12.2. The molecule has 0 aromatic carbocycles. The summed E-state index contributed by atoms with van der Waals surface area (Å²) in [6.07, 6.45) is 1.12. The lowest BCUT2D eigenvalue weighted by atomic mass is 10.3. The fourth-order valence-electron chi connectivity index (χ4n) is 1.96. The second-order valence-corrected chi connectivity index (χ2v) is 7.37. The molecular formula is C11H18N2O2S2. The van der Waals surface area contributed by atoms with Gasteiger partial charge in [0, 0.05) is 18.0 Å². The van der Waals surface area contributed by atoms with Gasteiger partial charge in [0.25, 0.3) is 0 Å². The predicted octanol–water partition coefficient (Wildman–Crippen LogP) is 1.45. The Balaban J connectivity index is 2.15. The summed E-state index contributed by atoms with van der Waals surface area (Å²) in [7, 11) is -3.39. The molecule has 96 valence electrons. The molecule has 2 rings (SSSR count). The fraction of sp³-hybridized carbons (Fsp3) is 0.636. The molecule has 1 heterocycles. The number of hydrogen-bond donors (Lipinski definition) is 2. The first-order valence-corrected chi connectivity index (χ1v) is 8.08. The maximum Gasteiger partial charge on any atom is 0.241 e. The molecule has 0 aliphatic heterocycles. The number of sulfonamides is 1. The molecule has 3 N–H and O–H groups in total. The zero-order valence-corrected chi connectivity index (χ0v) is 11.7. The van der Waals surface area contributed by atoms with Crippen molar-refractivity contribution in [3.63, 3.8) is 0 Å². The van der Waals surface area contributed by atoms with Crippen molar-refractivity contribution >= 4 is 21.4 Å². The van der Waals surface area contributed by atoms with Crippen molar-refractivity contribution in [1.29, 1.82) is 0 Å². The predicted molar refractivity (Wildman–Crippen MR) is 69.4 cm³/mol. The monoisotopic (exact) mass is 274 g/mol. The molecule has 0 saturated heterocycles. The molecular weight excluding hydrogens is 256 g/mol. The first kappa shape index (κ1) is 13.0. The van der Waals surface area contributed by atoms with Crippen LogP contribution in [0.5, 0.6) is 0 Å². The third-order valence-corrected chi connectivity index (χ3v) is 6.16. The van der Waals surface area contributed by atoms with Gasteiger partial charge < -0.3 is 5.73 Å². The summed E-state index contributed by atoms with van der Waals surface area (Å²) < 4.78 is 27.0. The van der Waals surface area contributed by atoms with Crippen LogP contribution in [-0.2, 0) is 16.6 Å². The van der Waals surface area contributed by atoms with Gasteiger partial charge >= 0.3 is 0 Å². The minimum absolute atomic E-state index is 0.272. The van der Waals surface area contributed by atoms with Crippen LogP contribution < -0.4 is 10.5 Å². The van der Waals surface area contributed by atoms with E-state index in [1.165, 1.54) is 11.3 Å². The summed E-state index contributed by atoms with van der Waals surface area (Å²) in [5.41, 5.74) is 6.35. The second kappa shape index (κ2) is 4.68. The van der Waals surface area contributed by atoms with E-state index in [1.807, 2.05) is 12.3 Å². The highest BCUT2D eigenvalue weighted by Crippen LogP contribution is 2.37. The van der Waals surface area contributed by atoms with Crippen LogP contribution in [0.15, 0.2) is 10.3 Å². The van der Waals surface area contributed by atoms with E-state index in [2.05, 4.69) is 11.6 Å². The highest BCUT2D eigenvalue weighted by atomic mass is 32.2. The molecule has 6 heteroatoms. The fourth-order valence-corrected chi connectivity index (χ4v) is 4.75. The lowest BCUT2D eigenvalue weighted by Gasteiger charge is -2.08. The average molecular weight is 274 g/mol. The third-order valence-electron chi connectivity index (χ3n) is 3.26. The maximum atomic E-state index is 12.2. The zero-order chi connectivity index (χ0) is 12.6. The Hall–Kier alpha value is -0.430. The number of thiophene rings is 1. The quantitative estimate of drug-likeness (QED) is 0.853. The molecule has 2 atom stereocenters. The van der Waals surface area contributed by atoms with Crippen LogP contribution in [-0.4, -0.2) is 15.0 Å². The molecule has 1 aromatic heterocycles. The number of hydrogen-bond acceptors (Lipinski definition) is 4. The Labute approximate surface area is 106 Å². The van der Waals surface area contributed by atoms with Gasteiger partial charge in [-0.1, -0.05) is 6.92 Å². The van der Waals surface area contributed by atoms with E-state index in [-0.39, 0.29) is 6.54 Å². The van der Waals surface area contributed by atoms with Crippen LogP contribution in [0.4, 0.5) is 0 Å². The van der Waals surface area contributed by atoms with E-state index in [4.69, 9.17) is 5.73 Å². The van der Waals surface area contributed by atoms with Gasteiger partial charge in [0.15, 0.2) is 0 Å². The molecule has 2 unspecified atom stereocenters. The van der Waals surface area contributed by atoms with Gasteiger partial charge in [0.05, 0.1) is 0 Å².